The van der Waals surface area contributed by atoms with Crippen molar-refractivity contribution in [2.45, 2.75) is 116 Å². The molecule has 248 valence electrons. The highest BCUT2D eigenvalue weighted by Gasteiger charge is 2.52. The van der Waals surface area contributed by atoms with Crippen molar-refractivity contribution >= 4 is 14.2 Å². The molecule has 1 aliphatic carbocycles. The number of alkyl carbamates (subject to hydrolysis) is 1. The number of carbonyl (C=O) groups excluding carboxylic acids is 1. The summed E-state index contributed by atoms with van der Waals surface area (Å²) in [6, 6.07) is 13.5. The molecule has 2 aromatic carbocycles. The summed E-state index contributed by atoms with van der Waals surface area (Å²) in [4.78, 5) is 12.2. The van der Waals surface area contributed by atoms with E-state index in [4.69, 9.17) is 23.7 Å². The van der Waals surface area contributed by atoms with Crippen LogP contribution in [-0.2, 0) is 40.5 Å². The van der Waals surface area contributed by atoms with Gasteiger partial charge in [0.15, 0.2) is 0 Å². The molecule has 2 aliphatic heterocycles. The molecule has 45 heavy (non-hydrogen) atoms. The van der Waals surface area contributed by atoms with Crippen LogP contribution in [0.25, 0.3) is 0 Å². The van der Waals surface area contributed by atoms with Crippen LogP contribution in [0.5, 0.6) is 11.5 Å². The predicted molar refractivity (Wildman–Crippen MR) is 178 cm³/mol. The maximum absolute atomic E-state index is 12.2. The van der Waals surface area contributed by atoms with E-state index in [9.17, 15) is 4.79 Å². The highest BCUT2D eigenvalue weighted by Crippen LogP contribution is 2.47. The highest BCUT2D eigenvalue weighted by molar-refractivity contribution is 6.76. The van der Waals surface area contributed by atoms with Gasteiger partial charge in [0.25, 0.3) is 0 Å². The first-order valence-corrected chi connectivity index (χ1v) is 20.2. The van der Waals surface area contributed by atoms with Gasteiger partial charge in [-0.05, 0) is 31.2 Å². The molecule has 2 atom stereocenters. The van der Waals surface area contributed by atoms with E-state index in [-0.39, 0.29) is 11.6 Å². The van der Waals surface area contributed by atoms with E-state index in [1.807, 2.05) is 27.7 Å². The Kier molecular flexibility index (Phi) is 10.2. The van der Waals surface area contributed by atoms with Crippen molar-refractivity contribution in [3.63, 3.8) is 0 Å². The molecule has 0 aromatic heterocycles. The first kappa shape index (κ1) is 33.7. The van der Waals surface area contributed by atoms with Gasteiger partial charge < -0.3 is 39.6 Å². The molecule has 1 fully saturated rings. The number of hydrogen-bond donors (Lipinski definition) is 3. The summed E-state index contributed by atoms with van der Waals surface area (Å²) in [5, 5.41) is 10.6. The first-order valence-electron chi connectivity index (χ1n) is 16.5. The van der Waals surface area contributed by atoms with Crippen LogP contribution < -0.4 is 25.4 Å². The molecule has 0 bridgehead atoms. The topological polar surface area (TPSA) is 99.3 Å². The molecular weight excluding hydrogens is 586 g/mol. The second-order valence-electron chi connectivity index (χ2n) is 14.9. The average Bonchev–Trinajstić information content (AvgIpc) is 3.65. The van der Waals surface area contributed by atoms with Crippen molar-refractivity contribution in [3.8, 4) is 11.5 Å². The first-order chi connectivity index (χ1) is 21.2. The molecule has 0 saturated heterocycles. The second-order valence-corrected chi connectivity index (χ2v) is 20.5. The zero-order valence-electron chi connectivity index (χ0n) is 28.3. The van der Waals surface area contributed by atoms with Gasteiger partial charge in [0, 0.05) is 89.7 Å². The largest absolute Gasteiger partial charge is 0.462 e. The lowest BCUT2D eigenvalue weighted by Crippen LogP contribution is -2.43. The van der Waals surface area contributed by atoms with E-state index in [2.05, 4.69) is 72.0 Å². The summed E-state index contributed by atoms with van der Waals surface area (Å²) in [5.74, 6) is 1.05. The summed E-state index contributed by atoms with van der Waals surface area (Å²) in [6.07, 6.45) is 2.68. The third kappa shape index (κ3) is 9.22. The smallest absolute Gasteiger partial charge is 0.407 e. The molecule has 0 radical (unpaired) electrons. The summed E-state index contributed by atoms with van der Waals surface area (Å²) in [5.41, 5.74) is 4.39. The fourth-order valence-corrected chi connectivity index (χ4v) is 6.80. The number of rotatable bonds is 14. The molecule has 1 amide bonds. The molecule has 3 N–H and O–H groups in total. The average molecular weight is 640 g/mol. The Morgan fingerprint density at radius 1 is 0.911 bits per heavy atom. The van der Waals surface area contributed by atoms with Crippen molar-refractivity contribution in [1.29, 1.82) is 0 Å². The number of carbonyl (C=O) groups is 1. The third-order valence-corrected chi connectivity index (χ3v) is 10.6. The van der Waals surface area contributed by atoms with Gasteiger partial charge in [-0.2, -0.15) is 0 Å². The van der Waals surface area contributed by atoms with Crippen LogP contribution in [0.4, 0.5) is 4.79 Å². The van der Waals surface area contributed by atoms with Gasteiger partial charge in [-0.15, -0.1) is 0 Å². The van der Waals surface area contributed by atoms with Gasteiger partial charge in [0.1, 0.15) is 11.5 Å². The van der Waals surface area contributed by atoms with E-state index in [1.165, 1.54) is 0 Å². The van der Waals surface area contributed by atoms with Gasteiger partial charge in [-0.3, -0.25) is 0 Å². The quantitative estimate of drug-likeness (QED) is 0.160. The van der Waals surface area contributed by atoms with Gasteiger partial charge >= 0.3 is 6.09 Å². The Labute approximate surface area is 270 Å². The standard InChI is InChI=1S/C35H53N3O6Si/c1-33(2)41-22-27-13-8-11-25(30(27)43-33)20-36-24-35(19-29(35)15-10-16-37-32(39)40-17-18-45(5,6)7)38-21-26-12-9-14-28-23-42-34(3,4)44-31(26)28/h8-9,11-14,29,36,38H,10,15-24H2,1-7H3,(H,37,39)/t29-,35?/m0/s1. The van der Waals surface area contributed by atoms with E-state index in [0.29, 0.717) is 45.4 Å². The van der Waals surface area contributed by atoms with Gasteiger partial charge in [-0.1, -0.05) is 56.0 Å². The minimum Gasteiger partial charge on any atom is -0.462 e. The number of fused-ring (bicyclic) bond motifs is 2. The third-order valence-electron chi connectivity index (χ3n) is 8.91. The number of hydrogen-bond acceptors (Lipinski definition) is 8. The minimum absolute atomic E-state index is 0.0562. The lowest BCUT2D eigenvalue weighted by molar-refractivity contribution is -0.180. The predicted octanol–water partition coefficient (Wildman–Crippen LogP) is 6.46. The van der Waals surface area contributed by atoms with Crippen LogP contribution in [0, 0.1) is 5.92 Å². The number of amides is 1. The maximum atomic E-state index is 12.2. The molecule has 2 heterocycles. The normalized spacial score (nSPS) is 22.8. The maximum Gasteiger partial charge on any atom is 0.407 e. The van der Waals surface area contributed by atoms with Crippen LogP contribution in [0.15, 0.2) is 36.4 Å². The number of nitrogens with one attached hydrogen (secondary N) is 3. The zero-order chi connectivity index (χ0) is 32.3. The lowest BCUT2D eigenvalue weighted by Gasteiger charge is -2.34. The fourth-order valence-electron chi connectivity index (χ4n) is 6.08. The van der Waals surface area contributed by atoms with E-state index in [0.717, 1.165) is 65.6 Å². The van der Waals surface area contributed by atoms with Crippen LogP contribution in [0.1, 0.15) is 69.2 Å². The SMILES string of the molecule is CC1(C)OCc2cccc(CNCC3(NCc4cccc5c4OC(C)(C)OC5)C[C@@H]3CCCNC(=O)OCC[Si](C)(C)C)c2O1. The summed E-state index contributed by atoms with van der Waals surface area (Å²) >= 11 is 0. The van der Waals surface area contributed by atoms with Crippen LogP contribution >= 0.6 is 0 Å². The Hall–Kier alpha value is -2.63. The lowest BCUT2D eigenvalue weighted by atomic mass is 10.0. The van der Waals surface area contributed by atoms with Crippen LogP contribution in [0.2, 0.25) is 25.7 Å². The monoisotopic (exact) mass is 639 g/mol. The molecule has 1 saturated carbocycles. The second kappa shape index (κ2) is 13.6. The Balaban J connectivity index is 1.19. The van der Waals surface area contributed by atoms with Crippen molar-refractivity contribution in [2.75, 3.05) is 19.7 Å². The van der Waals surface area contributed by atoms with E-state index in [1.54, 1.807) is 0 Å². The zero-order valence-corrected chi connectivity index (χ0v) is 29.3. The van der Waals surface area contributed by atoms with Crippen molar-refractivity contribution in [2.24, 2.45) is 5.92 Å². The van der Waals surface area contributed by atoms with Crippen molar-refractivity contribution in [3.05, 3.63) is 58.7 Å². The van der Waals surface area contributed by atoms with Crippen molar-refractivity contribution in [1.82, 2.24) is 16.0 Å². The molecule has 0 spiro atoms. The molecule has 2 aromatic rings. The number of benzene rings is 2. The summed E-state index contributed by atoms with van der Waals surface area (Å²) in [7, 11) is -1.22. The summed E-state index contributed by atoms with van der Waals surface area (Å²) < 4.78 is 29.6. The number of ether oxygens (including phenoxy) is 5. The number of para-hydroxylation sites is 2. The molecule has 3 aliphatic rings. The van der Waals surface area contributed by atoms with Gasteiger partial charge in [-0.25, -0.2) is 4.79 Å². The Bertz CT molecular complexity index is 1340. The van der Waals surface area contributed by atoms with Gasteiger partial charge in [0.2, 0.25) is 11.6 Å². The molecule has 10 heteroatoms. The summed E-state index contributed by atoms with van der Waals surface area (Å²) in [6.45, 7) is 19.1. The molecule has 9 nitrogen and oxygen atoms in total. The van der Waals surface area contributed by atoms with E-state index < -0.39 is 19.6 Å². The molecule has 5 rings (SSSR count). The van der Waals surface area contributed by atoms with Gasteiger partial charge in [0.05, 0.1) is 19.8 Å². The molecular formula is C35H53N3O6Si. The highest BCUT2D eigenvalue weighted by atomic mass is 28.3. The van der Waals surface area contributed by atoms with Crippen molar-refractivity contribution < 1.29 is 28.5 Å². The van der Waals surface area contributed by atoms with Crippen LogP contribution in [0.3, 0.4) is 0 Å². The minimum atomic E-state index is -1.22. The fraction of sp³-hybridized carbons (Fsp3) is 0.629. The molecule has 1 unspecified atom stereocenters. The van der Waals surface area contributed by atoms with Crippen LogP contribution in [-0.4, -0.2) is 51.0 Å². The Morgan fingerprint density at radius 3 is 2.11 bits per heavy atom. The Morgan fingerprint density at radius 2 is 1.51 bits per heavy atom. The van der Waals surface area contributed by atoms with E-state index >= 15 is 0 Å².